The van der Waals surface area contributed by atoms with Gasteiger partial charge in [0.1, 0.15) is 5.52 Å². The van der Waals surface area contributed by atoms with Crippen LogP contribution in [0.1, 0.15) is 23.2 Å². The zero-order valence-electron chi connectivity index (χ0n) is 15.5. The Morgan fingerprint density at radius 3 is 2.50 bits per heavy atom. The number of carbonyl (C=O) groups excluding carboxylic acids is 1. The van der Waals surface area contributed by atoms with Crippen LogP contribution in [0.15, 0.2) is 47.0 Å². The summed E-state index contributed by atoms with van der Waals surface area (Å²) in [6.45, 7) is 4.38. The lowest BCUT2D eigenvalue weighted by Gasteiger charge is -2.36. The molecule has 0 spiro atoms. The lowest BCUT2D eigenvalue weighted by molar-refractivity contribution is 0.0706. The Bertz CT molecular complexity index is 1000. The highest BCUT2D eigenvalue weighted by atomic mass is 16.5. The van der Waals surface area contributed by atoms with Crippen molar-refractivity contribution in [2.24, 2.45) is 0 Å². The molecule has 1 saturated heterocycles. The molecule has 3 aromatic rings. The van der Waals surface area contributed by atoms with Gasteiger partial charge in [0.05, 0.1) is 5.39 Å². The lowest BCUT2D eigenvalue weighted by Crippen LogP contribution is -2.47. The summed E-state index contributed by atoms with van der Waals surface area (Å²) in [7, 11) is 0. The number of nitrogens with one attached hydrogen (secondary N) is 1. The third-order valence-electron chi connectivity index (χ3n) is 5.71. The van der Waals surface area contributed by atoms with Gasteiger partial charge in [-0.05, 0) is 55.3 Å². The van der Waals surface area contributed by atoms with Crippen molar-refractivity contribution in [3.8, 4) is 11.3 Å². The minimum Gasteiger partial charge on any atom is -0.369 e. The highest BCUT2D eigenvalue weighted by Gasteiger charge is 2.31. The molecule has 1 aliphatic carbocycles. The van der Waals surface area contributed by atoms with E-state index in [4.69, 9.17) is 9.73 Å². The summed E-state index contributed by atoms with van der Waals surface area (Å²) in [5, 5.41) is 13.7. The van der Waals surface area contributed by atoms with Gasteiger partial charge >= 0.3 is 0 Å². The number of anilines is 1. The van der Waals surface area contributed by atoms with Gasteiger partial charge in [0.2, 0.25) is 0 Å². The van der Waals surface area contributed by atoms with E-state index in [1.807, 2.05) is 12.1 Å². The van der Waals surface area contributed by atoms with Crippen LogP contribution in [-0.2, 0) is 0 Å². The van der Waals surface area contributed by atoms with Gasteiger partial charge in [-0.15, -0.1) is 0 Å². The Kier molecular flexibility index (Phi) is 4.26. The molecule has 2 heterocycles. The molecule has 0 atom stereocenters. The SMILES string of the molecule is O=C(NO)c1ccc2noc(-c3ccc(N4CCN(C5CC5)CC4)cc3)c2c1. The van der Waals surface area contributed by atoms with Crippen LogP contribution in [0.25, 0.3) is 22.2 Å². The van der Waals surface area contributed by atoms with Gasteiger partial charge in [-0.2, -0.15) is 0 Å². The number of hydrogen-bond acceptors (Lipinski definition) is 6. The molecule has 2 N–H and O–H groups in total. The fourth-order valence-electron chi connectivity index (χ4n) is 3.96. The molecule has 144 valence electrons. The largest absolute Gasteiger partial charge is 0.369 e. The summed E-state index contributed by atoms with van der Waals surface area (Å²) in [6, 6.07) is 14.1. The van der Waals surface area contributed by atoms with Crippen LogP contribution in [-0.4, -0.2) is 53.4 Å². The minimum atomic E-state index is -0.560. The minimum absolute atomic E-state index is 0.351. The fraction of sp³-hybridized carbons (Fsp3) is 0.333. The average Bonchev–Trinajstić information content (AvgIpc) is 3.52. The zero-order chi connectivity index (χ0) is 19.1. The van der Waals surface area contributed by atoms with Crippen LogP contribution in [0.3, 0.4) is 0 Å². The maximum absolute atomic E-state index is 11.7. The Labute approximate surface area is 162 Å². The monoisotopic (exact) mass is 378 g/mol. The molecule has 2 aromatic carbocycles. The van der Waals surface area contributed by atoms with Gasteiger partial charge in [0.25, 0.3) is 5.91 Å². The number of aromatic nitrogens is 1. The van der Waals surface area contributed by atoms with Crippen LogP contribution >= 0.6 is 0 Å². The normalized spacial score (nSPS) is 17.8. The fourth-order valence-corrected chi connectivity index (χ4v) is 3.96. The van der Waals surface area contributed by atoms with E-state index in [1.165, 1.54) is 18.5 Å². The molecular formula is C21H22N4O3. The number of amides is 1. The van der Waals surface area contributed by atoms with Crippen LogP contribution < -0.4 is 10.4 Å². The van der Waals surface area contributed by atoms with Crippen molar-refractivity contribution in [2.75, 3.05) is 31.1 Å². The van der Waals surface area contributed by atoms with E-state index in [0.717, 1.165) is 43.2 Å². The molecule has 1 aromatic heterocycles. The number of piperazine rings is 1. The van der Waals surface area contributed by atoms with E-state index in [2.05, 4.69) is 27.1 Å². The second kappa shape index (κ2) is 6.92. The first-order valence-corrected chi connectivity index (χ1v) is 9.66. The molecular weight excluding hydrogens is 356 g/mol. The van der Waals surface area contributed by atoms with Crippen molar-refractivity contribution in [1.29, 1.82) is 0 Å². The second-order valence-corrected chi connectivity index (χ2v) is 7.49. The summed E-state index contributed by atoms with van der Waals surface area (Å²) < 4.78 is 5.54. The molecule has 5 rings (SSSR count). The molecule has 2 fully saturated rings. The first kappa shape index (κ1) is 17.2. The zero-order valence-corrected chi connectivity index (χ0v) is 15.5. The predicted molar refractivity (Wildman–Crippen MR) is 106 cm³/mol. The Hall–Kier alpha value is -2.90. The van der Waals surface area contributed by atoms with E-state index in [0.29, 0.717) is 16.8 Å². The van der Waals surface area contributed by atoms with Crippen molar-refractivity contribution < 1.29 is 14.5 Å². The van der Waals surface area contributed by atoms with Gasteiger partial charge in [0, 0.05) is 49.0 Å². The molecule has 0 unspecified atom stereocenters. The van der Waals surface area contributed by atoms with E-state index >= 15 is 0 Å². The van der Waals surface area contributed by atoms with Gasteiger partial charge in [-0.25, -0.2) is 5.48 Å². The molecule has 1 amide bonds. The molecule has 0 bridgehead atoms. The third-order valence-corrected chi connectivity index (χ3v) is 5.71. The number of benzene rings is 2. The lowest BCUT2D eigenvalue weighted by atomic mass is 10.1. The molecule has 7 heteroatoms. The second-order valence-electron chi connectivity index (χ2n) is 7.49. The van der Waals surface area contributed by atoms with Gasteiger partial charge in [-0.3, -0.25) is 14.9 Å². The quantitative estimate of drug-likeness (QED) is 0.537. The summed E-state index contributed by atoms with van der Waals surface area (Å²) in [6.07, 6.45) is 2.73. The maximum atomic E-state index is 11.7. The Balaban J connectivity index is 1.37. The standard InChI is InChI=1S/C21H22N4O3/c26-21(22-27)15-3-8-19-18(13-15)20(28-23-19)14-1-4-16(5-2-14)24-9-11-25(12-10-24)17-6-7-17/h1-5,8,13,17,27H,6-7,9-12H2,(H,22,26). The van der Waals surface area contributed by atoms with Crippen LogP contribution in [0.5, 0.6) is 0 Å². The van der Waals surface area contributed by atoms with E-state index in [-0.39, 0.29) is 0 Å². The number of carbonyl (C=O) groups is 1. The topological polar surface area (TPSA) is 81.8 Å². The van der Waals surface area contributed by atoms with Crippen LogP contribution in [0.2, 0.25) is 0 Å². The summed E-state index contributed by atoms with van der Waals surface area (Å²) in [5.74, 6) is 0.0578. The van der Waals surface area contributed by atoms with Crippen molar-refractivity contribution in [3.05, 3.63) is 48.0 Å². The van der Waals surface area contributed by atoms with Crippen molar-refractivity contribution >= 4 is 22.5 Å². The van der Waals surface area contributed by atoms with Crippen LogP contribution in [0.4, 0.5) is 5.69 Å². The highest BCUT2D eigenvalue weighted by molar-refractivity contribution is 6.00. The first-order chi connectivity index (χ1) is 13.7. The van der Waals surface area contributed by atoms with Crippen LogP contribution in [0, 0.1) is 0 Å². The molecule has 7 nitrogen and oxygen atoms in total. The van der Waals surface area contributed by atoms with E-state index in [9.17, 15) is 4.79 Å². The van der Waals surface area contributed by atoms with Crippen molar-refractivity contribution in [2.45, 2.75) is 18.9 Å². The molecule has 1 aliphatic heterocycles. The van der Waals surface area contributed by atoms with E-state index in [1.54, 1.807) is 23.7 Å². The summed E-state index contributed by atoms with van der Waals surface area (Å²) in [4.78, 5) is 16.7. The number of rotatable bonds is 4. The van der Waals surface area contributed by atoms with Crippen molar-refractivity contribution in [1.82, 2.24) is 15.5 Å². The maximum Gasteiger partial charge on any atom is 0.274 e. The Morgan fingerprint density at radius 1 is 1.07 bits per heavy atom. The van der Waals surface area contributed by atoms with Gasteiger partial charge in [0.15, 0.2) is 5.76 Å². The number of nitrogens with zero attached hydrogens (tertiary/aromatic N) is 3. The molecule has 0 radical (unpaired) electrons. The Morgan fingerprint density at radius 2 is 1.82 bits per heavy atom. The third kappa shape index (κ3) is 3.12. The highest BCUT2D eigenvalue weighted by Crippen LogP contribution is 2.32. The molecule has 28 heavy (non-hydrogen) atoms. The average molecular weight is 378 g/mol. The number of fused-ring (bicyclic) bond motifs is 1. The first-order valence-electron chi connectivity index (χ1n) is 9.66. The van der Waals surface area contributed by atoms with Crippen molar-refractivity contribution in [3.63, 3.8) is 0 Å². The number of hydrogen-bond donors (Lipinski definition) is 2. The van der Waals surface area contributed by atoms with Gasteiger partial charge < -0.3 is 9.42 Å². The summed E-state index contributed by atoms with van der Waals surface area (Å²) >= 11 is 0. The van der Waals surface area contributed by atoms with Gasteiger partial charge in [-0.1, -0.05) is 5.16 Å². The summed E-state index contributed by atoms with van der Waals surface area (Å²) in [5.41, 5.74) is 4.80. The number of hydroxylamine groups is 1. The van der Waals surface area contributed by atoms with E-state index < -0.39 is 5.91 Å². The molecule has 1 saturated carbocycles. The predicted octanol–water partition coefficient (Wildman–Crippen LogP) is 2.90. The smallest absolute Gasteiger partial charge is 0.274 e. The molecule has 2 aliphatic rings.